The topological polar surface area (TPSA) is 15.3 Å². The zero-order valence-electron chi connectivity index (χ0n) is 9.93. The van der Waals surface area contributed by atoms with Crippen LogP contribution in [0.5, 0.6) is 0 Å². The van der Waals surface area contributed by atoms with Crippen molar-refractivity contribution >= 4 is 0 Å². The Morgan fingerprint density at radius 3 is 2.08 bits per heavy atom. The molecule has 0 radical (unpaired) electrons. The van der Waals surface area contributed by atoms with Crippen LogP contribution in [-0.2, 0) is 0 Å². The maximum absolute atomic E-state index is 3.40. The molecule has 2 heteroatoms. The highest BCUT2D eigenvalue weighted by atomic mass is 15.2. The van der Waals surface area contributed by atoms with E-state index in [9.17, 15) is 0 Å². The maximum Gasteiger partial charge on any atom is 0.0195 e. The van der Waals surface area contributed by atoms with Crippen LogP contribution in [0.25, 0.3) is 0 Å². The summed E-state index contributed by atoms with van der Waals surface area (Å²) in [6.45, 7) is 14.6. The van der Waals surface area contributed by atoms with Gasteiger partial charge in [0, 0.05) is 18.6 Å². The van der Waals surface area contributed by atoms with E-state index in [1.807, 2.05) is 0 Å². The number of hydrogen-bond acceptors (Lipinski definition) is 2. The highest BCUT2D eigenvalue weighted by Crippen LogP contribution is 2.07. The molecule has 80 valence electrons. The number of hydrogen-bond donors (Lipinski definition) is 1. The van der Waals surface area contributed by atoms with Gasteiger partial charge in [-0.3, -0.25) is 4.90 Å². The van der Waals surface area contributed by atoms with Gasteiger partial charge in [0.2, 0.25) is 0 Å². The van der Waals surface area contributed by atoms with E-state index in [4.69, 9.17) is 0 Å². The van der Waals surface area contributed by atoms with Crippen LogP contribution in [0, 0.1) is 0 Å². The molecule has 0 aromatic heterocycles. The quantitative estimate of drug-likeness (QED) is 0.655. The molecule has 1 N–H and O–H groups in total. The number of rotatable bonds is 7. The summed E-state index contributed by atoms with van der Waals surface area (Å²) in [6.07, 6.45) is 1.24. The Balaban J connectivity index is 3.90. The highest BCUT2D eigenvalue weighted by molar-refractivity contribution is 4.73. The highest BCUT2D eigenvalue weighted by Gasteiger charge is 2.15. The van der Waals surface area contributed by atoms with Gasteiger partial charge in [0.05, 0.1) is 0 Å². The fourth-order valence-corrected chi connectivity index (χ4v) is 1.76. The average Bonchev–Trinajstić information content (AvgIpc) is 2.15. The molecule has 0 heterocycles. The number of nitrogens with zero attached hydrogens (tertiary/aromatic N) is 1. The lowest BCUT2D eigenvalue weighted by Crippen LogP contribution is -2.44. The van der Waals surface area contributed by atoms with Crippen LogP contribution in [0.15, 0.2) is 0 Å². The minimum absolute atomic E-state index is 0.653. The van der Waals surface area contributed by atoms with Crippen molar-refractivity contribution in [2.75, 3.05) is 19.6 Å². The first-order valence-electron chi connectivity index (χ1n) is 5.63. The van der Waals surface area contributed by atoms with Crippen LogP contribution in [-0.4, -0.2) is 36.6 Å². The molecule has 0 aliphatic carbocycles. The molecule has 0 aromatic rings. The predicted molar refractivity (Wildman–Crippen MR) is 60.1 cm³/mol. The molecule has 0 spiro atoms. The predicted octanol–water partition coefficient (Wildman–Crippen LogP) is 2.10. The van der Waals surface area contributed by atoms with Crippen molar-refractivity contribution in [3.05, 3.63) is 0 Å². The summed E-state index contributed by atoms with van der Waals surface area (Å²) in [5, 5.41) is 3.40. The van der Waals surface area contributed by atoms with Gasteiger partial charge in [0.25, 0.3) is 0 Å². The second-order valence-electron chi connectivity index (χ2n) is 3.74. The van der Waals surface area contributed by atoms with Gasteiger partial charge in [0.1, 0.15) is 0 Å². The van der Waals surface area contributed by atoms with E-state index < -0.39 is 0 Å². The molecule has 0 aliphatic heterocycles. The molecule has 13 heavy (non-hydrogen) atoms. The van der Waals surface area contributed by atoms with Crippen molar-refractivity contribution in [1.82, 2.24) is 10.2 Å². The summed E-state index contributed by atoms with van der Waals surface area (Å²) < 4.78 is 0. The van der Waals surface area contributed by atoms with Crippen LogP contribution in [0.3, 0.4) is 0 Å². The molecule has 2 nitrogen and oxygen atoms in total. The Bertz CT molecular complexity index is 115. The summed E-state index contributed by atoms with van der Waals surface area (Å²) >= 11 is 0. The van der Waals surface area contributed by atoms with Gasteiger partial charge in [-0.05, 0) is 33.4 Å². The fourth-order valence-electron chi connectivity index (χ4n) is 1.76. The standard InChI is InChI=1S/C11H26N2/c1-6-10(4)13(8-3)11(5)9-12-7-2/h10-12H,6-9H2,1-5H3. The minimum Gasteiger partial charge on any atom is -0.315 e. The second-order valence-corrected chi connectivity index (χ2v) is 3.74. The minimum atomic E-state index is 0.653. The van der Waals surface area contributed by atoms with Gasteiger partial charge >= 0.3 is 0 Å². The zero-order valence-corrected chi connectivity index (χ0v) is 9.93. The van der Waals surface area contributed by atoms with Crippen LogP contribution < -0.4 is 5.32 Å². The van der Waals surface area contributed by atoms with E-state index in [0.717, 1.165) is 19.6 Å². The van der Waals surface area contributed by atoms with Gasteiger partial charge in [-0.2, -0.15) is 0 Å². The summed E-state index contributed by atoms with van der Waals surface area (Å²) in [7, 11) is 0. The van der Waals surface area contributed by atoms with E-state index >= 15 is 0 Å². The van der Waals surface area contributed by atoms with Crippen molar-refractivity contribution in [3.8, 4) is 0 Å². The van der Waals surface area contributed by atoms with Gasteiger partial charge in [-0.15, -0.1) is 0 Å². The molecule has 2 atom stereocenters. The molecule has 0 bridgehead atoms. The molecule has 2 unspecified atom stereocenters. The summed E-state index contributed by atoms with van der Waals surface area (Å²) in [5.41, 5.74) is 0. The molecule has 0 amide bonds. The van der Waals surface area contributed by atoms with Crippen LogP contribution in [0.1, 0.15) is 41.0 Å². The first-order valence-corrected chi connectivity index (χ1v) is 5.63. The number of likely N-dealkylation sites (N-methyl/N-ethyl adjacent to an activating group) is 2. The Morgan fingerprint density at radius 2 is 1.69 bits per heavy atom. The zero-order chi connectivity index (χ0) is 10.3. The van der Waals surface area contributed by atoms with E-state index in [2.05, 4.69) is 44.8 Å². The lowest BCUT2D eigenvalue weighted by Gasteiger charge is -2.33. The SMILES string of the molecule is CCNCC(C)N(CC)C(C)CC. The monoisotopic (exact) mass is 186 g/mol. The van der Waals surface area contributed by atoms with Crippen molar-refractivity contribution in [2.24, 2.45) is 0 Å². The summed E-state index contributed by atoms with van der Waals surface area (Å²) in [5.74, 6) is 0. The third-order valence-corrected chi connectivity index (χ3v) is 2.78. The first kappa shape index (κ1) is 12.9. The van der Waals surface area contributed by atoms with E-state index in [1.165, 1.54) is 6.42 Å². The van der Waals surface area contributed by atoms with Gasteiger partial charge in [-0.25, -0.2) is 0 Å². The van der Waals surface area contributed by atoms with Gasteiger partial charge < -0.3 is 5.32 Å². The van der Waals surface area contributed by atoms with E-state index in [1.54, 1.807) is 0 Å². The molecule has 0 saturated carbocycles. The largest absolute Gasteiger partial charge is 0.315 e. The fraction of sp³-hybridized carbons (Fsp3) is 1.00. The van der Waals surface area contributed by atoms with Crippen molar-refractivity contribution in [2.45, 2.75) is 53.1 Å². The molecule has 0 aliphatic rings. The summed E-state index contributed by atoms with van der Waals surface area (Å²) in [6, 6.07) is 1.36. The second kappa shape index (κ2) is 7.34. The van der Waals surface area contributed by atoms with E-state index in [0.29, 0.717) is 12.1 Å². The van der Waals surface area contributed by atoms with E-state index in [-0.39, 0.29) is 0 Å². The molecule has 0 aromatic carbocycles. The van der Waals surface area contributed by atoms with Crippen molar-refractivity contribution in [3.63, 3.8) is 0 Å². The molecule has 0 saturated heterocycles. The molecular weight excluding hydrogens is 160 g/mol. The smallest absolute Gasteiger partial charge is 0.0195 e. The normalized spacial score (nSPS) is 16.2. The lowest BCUT2D eigenvalue weighted by atomic mass is 10.1. The third kappa shape index (κ3) is 4.63. The molecular formula is C11H26N2. The average molecular weight is 186 g/mol. The lowest BCUT2D eigenvalue weighted by molar-refractivity contribution is 0.156. The van der Waals surface area contributed by atoms with Gasteiger partial charge in [-0.1, -0.05) is 20.8 Å². The van der Waals surface area contributed by atoms with Crippen molar-refractivity contribution in [1.29, 1.82) is 0 Å². The number of nitrogens with one attached hydrogen (secondary N) is 1. The molecule has 0 fully saturated rings. The van der Waals surface area contributed by atoms with Crippen LogP contribution >= 0.6 is 0 Å². The first-order chi connectivity index (χ1) is 6.17. The van der Waals surface area contributed by atoms with Gasteiger partial charge in [0.15, 0.2) is 0 Å². The summed E-state index contributed by atoms with van der Waals surface area (Å²) in [4.78, 5) is 2.56. The molecule has 0 rings (SSSR count). The van der Waals surface area contributed by atoms with Crippen LogP contribution in [0.4, 0.5) is 0 Å². The Labute approximate surface area is 83.7 Å². The Kier molecular flexibility index (Phi) is 7.29. The third-order valence-electron chi connectivity index (χ3n) is 2.78. The maximum atomic E-state index is 3.40. The van der Waals surface area contributed by atoms with Crippen molar-refractivity contribution < 1.29 is 0 Å². The Morgan fingerprint density at radius 1 is 1.08 bits per heavy atom. The van der Waals surface area contributed by atoms with Crippen LogP contribution in [0.2, 0.25) is 0 Å². The Hall–Kier alpha value is -0.0800.